The maximum atomic E-state index is 6.69. The van der Waals surface area contributed by atoms with Crippen LogP contribution in [0.25, 0.3) is 0 Å². The summed E-state index contributed by atoms with van der Waals surface area (Å²) in [6, 6.07) is 0. The summed E-state index contributed by atoms with van der Waals surface area (Å²) in [5, 5.41) is 0. The summed E-state index contributed by atoms with van der Waals surface area (Å²) >= 11 is 0. The summed E-state index contributed by atoms with van der Waals surface area (Å²) < 4.78 is 49.3. The van der Waals surface area contributed by atoms with E-state index >= 15 is 0 Å². The van der Waals surface area contributed by atoms with Crippen molar-refractivity contribution in [3.05, 3.63) is 0 Å². The van der Waals surface area contributed by atoms with Gasteiger partial charge in [-0.3, -0.25) is 0 Å². The summed E-state index contributed by atoms with van der Waals surface area (Å²) in [6.45, 7) is 19.6. The van der Waals surface area contributed by atoms with E-state index in [1.165, 1.54) is 0 Å². The fourth-order valence-electron chi connectivity index (χ4n) is 3.81. The largest absolute Gasteiger partial charge is 0.566 e. The van der Waals surface area contributed by atoms with Gasteiger partial charge in [-0.1, -0.05) is 6.92 Å². The van der Waals surface area contributed by atoms with Crippen molar-refractivity contribution < 1.29 is 37.0 Å². The third kappa shape index (κ3) is 8.59. The Morgan fingerprint density at radius 2 is 1.38 bits per heavy atom. The van der Waals surface area contributed by atoms with E-state index in [0.29, 0.717) is 46.1 Å². The minimum atomic E-state index is -3.53. The molecule has 0 aromatic heterocycles. The molecule has 9 heteroatoms. The van der Waals surface area contributed by atoms with Gasteiger partial charge in [0.05, 0.1) is 19.3 Å². The van der Waals surface area contributed by atoms with Crippen LogP contribution in [0.5, 0.6) is 0 Å². The second-order valence-electron chi connectivity index (χ2n) is 7.91. The molecule has 0 amide bonds. The lowest BCUT2D eigenvalue weighted by molar-refractivity contribution is -0.275. The lowest BCUT2D eigenvalue weighted by Crippen LogP contribution is -2.73. The van der Waals surface area contributed by atoms with Gasteiger partial charge < -0.3 is 37.0 Å². The lowest BCUT2D eigenvalue weighted by Gasteiger charge is -2.48. The molecule has 0 spiro atoms. The monoisotopic (exact) mass is 480 g/mol. The van der Waals surface area contributed by atoms with Gasteiger partial charge >= 0.3 is 8.80 Å². The highest BCUT2D eigenvalue weighted by molar-refractivity contribution is 6.64. The molecule has 4 unspecified atom stereocenters. The lowest BCUT2D eigenvalue weighted by atomic mass is 10.1. The van der Waals surface area contributed by atoms with Gasteiger partial charge in [-0.25, -0.2) is 0 Å². The standard InChI is InChI=1S/C23H48O8Si/c1-9-22(24-10-2)23(27-11-3,28-12-4)32(29-13-5,30-14-6)31-20(8)16-15-19(7)25-17-21-18-26-21/h19-22H,9-18H2,1-8H3. The SMILES string of the molecule is CCOC(CC)C(OCC)(OCC)[Si](OCC)(OCC)OC(C)CCC(C)OCC1CO1. The molecule has 0 aromatic rings. The van der Waals surface area contributed by atoms with Gasteiger partial charge in [0, 0.05) is 39.1 Å². The second kappa shape index (κ2) is 15.7. The molecule has 32 heavy (non-hydrogen) atoms. The van der Waals surface area contributed by atoms with Gasteiger partial charge in [0.15, 0.2) is 0 Å². The van der Waals surface area contributed by atoms with Crippen molar-refractivity contribution in [1.82, 2.24) is 0 Å². The van der Waals surface area contributed by atoms with Crippen molar-refractivity contribution in [2.24, 2.45) is 0 Å². The van der Waals surface area contributed by atoms with Crippen LogP contribution in [0.2, 0.25) is 0 Å². The highest BCUT2D eigenvalue weighted by Crippen LogP contribution is 2.37. The first-order chi connectivity index (χ1) is 15.4. The Kier molecular flexibility index (Phi) is 14.7. The molecule has 8 nitrogen and oxygen atoms in total. The fourth-order valence-corrected chi connectivity index (χ4v) is 7.33. The molecule has 0 bridgehead atoms. The van der Waals surface area contributed by atoms with E-state index in [0.717, 1.165) is 19.4 Å². The third-order valence-corrected chi connectivity index (χ3v) is 8.79. The van der Waals surface area contributed by atoms with E-state index in [1.807, 2.05) is 41.5 Å². The molecule has 1 rings (SSSR count). The highest BCUT2D eigenvalue weighted by Gasteiger charge is 2.69. The average molecular weight is 481 g/mol. The summed E-state index contributed by atoms with van der Waals surface area (Å²) in [4.78, 5) is 0. The molecule has 0 aliphatic carbocycles. The van der Waals surface area contributed by atoms with Crippen LogP contribution in [0.15, 0.2) is 0 Å². The molecule has 1 fully saturated rings. The number of hydrogen-bond donors (Lipinski definition) is 0. The molecule has 0 aromatic carbocycles. The summed E-state index contributed by atoms with van der Waals surface area (Å²) in [5.74, 6) is 0. The van der Waals surface area contributed by atoms with Crippen molar-refractivity contribution in [3.8, 4) is 0 Å². The molecular weight excluding hydrogens is 432 g/mol. The maximum absolute atomic E-state index is 6.69. The predicted octanol–water partition coefficient (Wildman–Crippen LogP) is 4.11. The number of epoxide rings is 1. The Bertz CT molecular complexity index is 465. The Balaban J connectivity index is 3.12. The van der Waals surface area contributed by atoms with Crippen LogP contribution >= 0.6 is 0 Å². The first-order valence-corrected chi connectivity index (χ1v) is 14.2. The van der Waals surface area contributed by atoms with E-state index in [9.17, 15) is 0 Å². The van der Waals surface area contributed by atoms with Crippen LogP contribution in [0.3, 0.4) is 0 Å². The van der Waals surface area contributed by atoms with Gasteiger partial charge in [-0.15, -0.1) is 0 Å². The van der Waals surface area contributed by atoms with Crippen LogP contribution in [0, 0.1) is 0 Å². The van der Waals surface area contributed by atoms with Crippen LogP contribution in [0.4, 0.5) is 0 Å². The van der Waals surface area contributed by atoms with Gasteiger partial charge in [0.25, 0.3) is 5.41 Å². The molecule has 0 N–H and O–H groups in total. The minimum absolute atomic E-state index is 0.121. The Labute approximate surface area is 196 Å². The number of ether oxygens (including phenoxy) is 5. The first kappa shape index (κ1) is 29.9. The third-order valence-electron chi connectivity index (χ3n) is 5.28. The van der Waals surface area contributed by atoms with Gasteiger partial charge in [0.2, 0.25) is 0 Å². The molecule has 4 atom stereocenters. The normalized spacial score (nSPS) is 19.7. The molecule has 1 saturated heterocycles. The average Bonchev–Trinajstić information content (AvgIpc) is 3.59. The van der Waals surface area contributed by atoms with Crippen molar-refractivity contribution >= 4 is 8.80 Å². The molecule has 0 saturated carbocycles. The summed E-state index contributed by atoms with van der Waals surface area (Å²) in [5.41, 5.74) is -1.24. The predicted molar refractivity (Wildman–Crippen MR) is 126 cm³/mol. The molecule has 1 heterocycles. The molecular formula is C23H48O8Si. The Morgan fingerprint density at radius 3 is 1.81 bits per heavy atom. The van der Waals surface area contributed by atoms with Crippen molar-refractivity contribution in [1.29, 1.82) is 0 Å². The quantitative estimate of drug-likeness (QED) is 0.138. The summed E-state index contributed by atoms with van der Waals surface area (Å²) in [7, 11) is -3.53. The van der Waals surface area contributed by atoms with E-state index < -0.39 is 14.2 Å². The van der Waals surface area contributed by atoms with Crippen LogP contribution < -0.4 is 0 Å². The maximum Gasteiger partial charge on any atom is 0.566 e. The topological polar surface area (TPSA) is 77.1 Å². The molecule has 192 valence electrons. The van der Waals surface area contributed by atoms with E-state index in [1.54, 1.807) is 0 Å². The second-order valence-corrected chi connectivity index (χ2v) is 10.5. The van der Waals surface area contributed by atoms with Gasteiger partial charge in [-0.05, 0) is 67.7 Å². The molecule has 1 aliphatic heterocycles. The minimum Gasteiger partial charge on any atom is -0.376 e. The number of rotatable bonds is 21. The fraction of sp³-hybridized carbons (Fsp3) is 1.00. The van der Waals surface area contributed by atoms with E-state index in [-0.39, 0.29) is 24.4 Å². The Morgan fingerprint density at radius 1 is 0.812 bits per heavy atom. The van der Waals surface area contributed by atoms with Gasteiger partial charge in [-0.2, -0.15) is 0 Å². The highest BCUT2D eigenvalue weighted by atomic mass is 28.4. The molecule has 1 aliphatic rings. The first-order valence-electron chi connectivity index (χ1n) is 12.5. The van der Waals surface area contributed by atoms with Crippen molar-refractivity contribution in [3.63, 3.8) is 0 Å². The van der Waals surface area contributed by atoms with Gasteiger partial charge in [0.1, 0.15) is 12.2 Å². The van der Waals surface area contributed by atoms with Crippen LogP contribution in [0.1, 0.15) is 74.7 Å². The smallest absolute Gasteiger partial charge is 0.376 e. The van der Waals surface area contributed by atoms with Crippen molar-refractivity contribution in [2.45, 2.75) is 104 Å². The van der Waals surface area contributed by atoms with Crippen LogP contribution in [-0.2, 0) is 37.0 Å². The van der Waals surface area contributed by atoms with E-state index in [2.05, 4.69) is 13.8 Å². The Hall–Kier alpha value is -0.103. The summed E-state index contributed by atoms with van der Waals surface area (Å²) in [6.07, 6.45) is 2.19. The van der Waals surface area contributed by atoms with Crippen LogP contribution in [-0.4, -0.2) is 84.9 Å². The van der Waals surface area contributed by atoms with E-state index in [4.69, 9.17) is 37.0 Å². The van der Waals surface area contributed by atoms with Crippen molar-refractivity contribution in [2.75, 3.05) is 46.2 Å². The zero-order chi connectivity index (χ0) is 24.0. The molecule has 0 radical (unpaired) electrons. The number of hydrogen-bond acceptors (Lipinski definition) is 8. The zero-order valence-electron chi connectivity index (χ0n) is 21.6. The zero-order valence-corrected chi connectivity index (χ0v) is 22.6.